The molecule has 2 aromatic rings. The number of hydrogen-bond acceptors (Lipinski definition) is 7. The maximum Gasteiger partial charge on any atom is 0.326 e. The minimum Gasteiger partial charge on any atom is -0.461 e. The summed E-state index contributed by atoms with van der Waals surface area (Å²) in [6.45, 7) is 7.31. The maximum atomic E-state index is 12.4. The predicted octanol–water partition coefficient (Wildman–Crippen LogP) is 3.28. The van der Waals surface area contributed by atoms with E-state index in [-0.39, 0.29) is 24.0 Å². The van der Waals surface area contributed by atoms with Crippen LogP contribution in [0.25, 0.3) is 0 Å². The van der Waals surface area contributed by atoms with Crippen LogP contribution in [0.2, 0.25) is 5.02 Å². The Balaban J connectivity index is 0.000000596. The van der Waals surface area contributed by atoms with Crippen LogP contribution in [0.3, 0.4) is 0 Å². The number of carbonyl (C=O) groups is 1. The molecule has 36 heavy (non-hydrogen) atoms. The molecule has 0 bridgehead atoms. The Morgan fingerprint density at radius 3 is 2.22 bits per heavy atom. The highest BCUT2D eigenvalue weighted by Gasteiger charge is 2.64. The first-order valence-corrected chi connectivity index (χ1v) is 12.2. The van der Waals surface area contributed by atoms with Gasteiger partial charge in [-0.3, -0.25) is 14.9 Å². The van der Waals surface area contributed by atoms with E-state index < -0.39 is 5.72 Å². The summed E-state index contributed by atoms with van der Waals surface area (Å²) >= 11 is 5.90. The van der Waals surface area contributed by atoms with Crippen molar-refractivity contribution in [1.82, 2.24) is 10.4 Å². The van der Waals surface area contributed by atoms with Crippen LogP contribution in [0.5, 0.6) is 0 Å². The largest absolute Gasteiger partial charge is 0.461 e. The number of nitrogens with one attached hydrogen (secondary N) is 1. The summed E-state index contributed by atoms with van der Waals surface area (Å²) in [4.78, 5) is 18.6. The van der Waals surface area contributed by atoms with E-state index in [2.05, 4.69) is 29.3 Å². The first kappa shape index (κ1) is 29.2. The smallest absolute Gasteiger partial charge is 0.326 e. The zero-order valence-corrected chi connectivity index (χ0v) is 21.9. The number of nitrogens with zero attached hydrogens (tertiary/aromatic N) is 1. The number of esters is 1. The van der Waals surface area contributed by atoms with Crippen LogP contribution in [-0.2, 0) is 20.9 Å². The molecule has 0 aliphatic carbocycles. The highest BCUT2D eigenvalue weighted by molar-refractivity contribution is 6.30. The van der Waals surface area contributed by atoms with E-state index >= 15 is 0 Å². The minimum absolute atomic E-state index is 0.0215. The molecule has 3 fully saturated rings. The number of piperidine rings is 1. The van der Waals surface area contributed by atoms with Crippen molar-refractivity contribution >= 4 is 17.6 Å². The second-order valence-electron chi connectivity index (χ2n) is 8.06. The Kier molecular flexibility index (Phi) is 11.3. The van der Waals surface area contributed by atoms with Gasteiger partial charge in [0.05, 0.1) is 12.5 Å². The summed E-state index contributed by atoms with van der Waals surface area (Å²) in [5, 5.41) is 12.9. The number of benzene rings is 2. The fraction of sp³-hybridized carbons (Fsp3) is 0.393. The van der Waals surface area contributed by atoms with Crippen LogP contribution in [0.15, 0.2) is 48.5 Å². The Bertz CT molecular complexity index is 1090. The van der Waals surface area contributed by atoms with Gasteiger partial charge in [0.1, 0.15) is 17.9 Å². The zero-order valence-electron chi connectivity index (χ0n) is 21.1. The van der Waals surface area contributed by atoms with Crippen LogP contribution in [0.1, 0.15) is 43.9 Å². The minimum atomic E-state index is -0.552. The van der Waals surface area contributed by atoms with Gasteiger partial charge in [0.2, 0.25) is 0 Å². The third-order valence-electron chi connectivity index (χ3n) is 5.90. The molecule has 192 valence electrons. The van der Waals surface area contributed by atoms with Gasteiger partial charge in [-0.2, -0.15) is 5.06 Å². The van der Waals surface area contributed by atoms with Crippen LogP contribution < -0.4 is 11.1 Å². The number of aliphatic hydroxyl groups excluding tert-OH is 1. The summed E-state index contributed by atoms with van der Waals surface area (Å²) in [6, 6.07) is 16.9. The Labute approximate surface area is 218 Å². The second-order valence-corrected chi connectivity index (χ2v) is 8.49. The molecule has 7 nitrogen and oxygen atoms in total. The van der Waals surface area contributed by atoms with E-state index in [4.69, 9.17) is 26.3 Å². The van der Waals surface area contributed by atoms with Crippen molar-refractivity contribution in [3.05, 3.63) is 70.2 Å². The van der Waals surface area contributed by atoms with Gasteiger partial charge in [-0.25, -0.2) is 0 Å². The molecular weight excluding hydrogens is 478 g/mol. The normalized spacial score (nSPS) is 25.0. The fourth-order valence-corrected chi connectivity index (χ4v) is 4.61. The van der Waals surface area contributed by atoms with Crippen LogP contribution >= 0.6 is 11.6 Å². The van der Waals surface area contributed by atoms with Crippen LogP contribution in [0, 0.1) is 30.2 Å². The Morgan fingerprint density at radius 2 is 1.67 bits per heavy atom. The molecule has 4 N–H and O–H groups in total. The van der Waals surface area contributed by atoms with Gasteiger partial charge in [-0.1, -0.05) is 55.8 Å². The third kappa shape index (κ3) is 6.79. The number of carbonyl (C=O) groups excluding carboxylic acids is 1. The quantitative estimate of drug-likeness (QED) is 0.323. The van der Waals surface area contributed by atoms with Crippen molar-refractivity contribution in [3.8, 4) is 24.3 Å². The highest BCUT2D eigenvalue weighted by Crippen LogP contribution is 2.46. The lowest BCUT2D eigenvalue weighted by Gasteiger charge is -2.37. The zero-order chi connectivity index (χ0) is 26.7. The molecule has 3 aliphatic heterocycles. The van der Waals surface area contributed by atoms with E-state index in [0.717, 1.165) is 36.8 Å². The fourth-order valence-electron chi connectivity index (χ4n) is 4.49. The summed E-state index contributed by atoms with van der Waals surface area (Å²) in [5.41, 5.74) is 6.72. The molecule has 3 aliphatic rings. The monoisotopic (exact) mass is 511 g/mol. The number of halogens is 1. The molecule has 0 radical (unpaired) electrons. The average Bonchev–Trinajstić information content (AvgIpc) is 3.40. The first-order valence-electron chi connectivity index (χ1n) is 11.8. The van der Waals surface area contributed by atoms with Gasteiger partial charge >= 0.3 is 5.97 Å². The van der Waals surface area contributed by atoms with Gasteiger partial charge < -0.3 is 15.6 Å². The van der Waals surface area contributed by atoms with Gasteiger partial charge in [-0.15, -0.1) is 0 Å². The van der Waals surface area contributed by atoms with Crippen LogP contribution in [0.4, 0.5) is 0 Å². The summed E-state index contributed by atoms with van der Waals surface area (Å²) in [7, 11) is 1.00. The summed E-state index contributed by atoms with van der Waals surface area (Å²) in [5.74, 6) is 6.13. The molecule has 4 unspecified atom stereocenters. The first-order chi connectivity index (χ1) is 17.4. The summed E-state index contributed by atoms with van der Waals surface area (Å²) < 4.78 is 5.61. The van der Waals surface area contributed by atoms with E-state index in [9.17, 15) is 4.79 Å². The number of hydroxylamine groups is 2. The lowest BCUT2D eigenvalue weighted by Crippen LogP contribution is -2.56. The van der Waals surface area contributed by atoms with Gasteiger partial charge in [0.25, 0.3) is 0 Å². The topological polar surface area (TPSA) is 97.0 Å². The van der Waals surface area contributed by atoms with Crippen molar-refractivity contribution in [2.75, 3.05) is 13.7 Å². The second kappa shape index (κ2) is 13.9. The predicted molar refractivity (Wildman–Crippen MR) is 141 cm³/mol. The van der Waals surface area contributed by atoms with Crippen molar-refractivity contribution < 1.29 is 19.5 Å². The number of terminal acetylenes is 1. The molecule has 2 aromatic carbocycles. The molecule has 0 spiro atoms. The number of nitrogens with two attached hydrogens (primary N) is 1. The van der Waals surface area contributed by atoms with Gasteiger partial charge in [0.15, 0.2) is 0 Å². The van der Waals surface area contributed by atoms with Gasteiger partial charge in [0, 0.05) is 29.8 Å². The van der Waals surface area contributed by atoms with Crippen LogP contribution in [-0.4, -0.2) is 47.7 Å². The van der Waals surface area contributed by atoms with E-state index in [1.807, 2.05) is 69.3 Å². The van der Waals surface area contributed by atoms with Crippen molar-refractivity contribution in [2.45, 2.75) is 51.6 Å². The molecular formula is C28H34ClN3O4. The number of rotatable bonds is 2. The lowest BCUT2D eigenvalue weighted by molar-refractivity contribution is -0.235. The molecule has 0 aromatic heterocycles. The molecule has 0 amide bonds. The Hall–Kier alpha value is -3.04. The van der Waals surface area contributed by atoms with E-state index in [0.29, 0.717) is 11.6 Å². The number of ether oxygens (including phenoxy) is 1. The summed E-state index contributed by atoms with van der Waals surface area (Å²) in [6.07, 6.45) is 5.15. The average molecular weight is 512 g/mol. The molecule has 3 saturated heterocycles. The number of hydrogen-bond donors (Lipinski definition) is 3. The molecule has 3 heterocycles. The lowest BCUT2D eigenvalue weighted by atomic mass is 9.83. The molecule has 0 saturated carbocycles. The highest BCUT2D eigenvalue weighted by atomic mass is 35.5. The number of aliphatic hydroxyl groups is 1. The SMILES string of the molecule is C#CN.CC.CC12NCCC3OC(=O)C(C31)N(Cc1ccc(C#Cc3ccc(Cl)cc3)cc1)O2.CO. The molecule has 5 rings (SSSR count). The van der Waals surface area contributed by atoms with E-state index in [1.54, 1.807) is 11.1 Å². The van der Waals surface area contributed by atoms with Gasteiger partial charge in [-0.05, 0) is 61.4 Å². The Morgan fingerprint density at radius 1 is 1.14 bits per heavy atom. The maximum absolute atomic E-state index is 12.4. The van der Waals surface area contributed by atoms with Crippen molar-refractivity contribution in [3.63, 3.8) is 0 Å². The van der Waals surface area contributed by atoms with Crippen molar-refractivity contribution in [2.24, 2.45) is 11.7 Å². The molecule has 8 heteroatoms. The van der Waals surface area contributed by atoms with Crippen molar-refractivity contribution in [1.29, 1.82) is 0 Å². The standard InChI is InChI=1S/C23H21ClN2O3.C2H3N.C2H6.CH4O/c1-23-20-19(12-13-25-23)28-22(27)21(20)26(29-23)14-17-6-4-15(5-7-17)2-3-16-8-10-18(24)11-9-16;1-2-3;2*1-2/h4-11,19-21,25H,12-14H2,1H3;1H,3H2;1-2H3;2H,1H3. The third-order valence-corrected chi connectivity index (χ3v) is 6.15. The molecule has 4 atom stereocenters. The van der Waals surface area contributed by atoms with E-state index in [1.165, 1.54) is 0 Å².